The van der Waals surface area contributed by atoms with Gasteiger partial charge in [0, 0.05) is 12.6 Å². The van der Waals surface area contributed by atoms with Gasteiger partial charge in [-0.1, -0.05) is 19.8 Å². The first kappa shape index (κ1) is 12.8. The number of nitrogens with two attached hydrogens (primary N) is 1. The minimum absolute atomic E-state index is 0.204. The second-order valence-corrected chi connectivity index (χ2v) is 4.47. The Morgan fingerprint density at radius 1 is 1.50 bits per heavy atom. The summed E-state index contributed by atoms with van der Waals surface area (Å²) in [6.45, 7) is 2.71. The normalized spacial score (nSPS) is 12.8. The molecule has 98 valence electrons. The van der Waals surface area contributed by atoms with Crippen LogP contribution in [0.1, 0.15) is 26.2 Å². The SMILES string of the molecule is CCCCC(CN)Nc1nc2ccc(F)cc2[nH]1. The number of hydrogen-bond acceptors (Lipinski definition) is 3. The summed E-state index contributed by atoms with van der Waals surface area (Å²) >= 11 is 0. The Morgan fingerprint density at radius 3 is 3.06 bits per heavy atom. The summed E-state index contributed by atoms with van der Waals surface area (Å²) < 4.78 is 13.1. The summed E-state index contributed by atoms with van der Waals surface area (Å²) in [5.74, 6) is 0.390. The molecule has 0 amide bonds. The van der Waals surface area contributed by atoms with Crippen LogP contribution in [0.15, 0.2) is 18.2 Å². The zero-order valence-corrected chi connectivity index (χ0v) is 10.5. The van der Waals surface area contributed by atoms with E-state index in [1.165, 1.54) is 12.1 Å². The van der Waals surface area contributed by atoms with E-state index in [2.05, 4.69) is 22.2 Å². The van der Waals surface area contributed by atoms with Crippen LogP contribution in [0.4, 0.5) is 10.3 Å². The maximum atomic E-state index is 13.1. The van der Waals surface area contributed by atoms with Gasteiger partial charge in [0.2, 0.25) is 5.95 Å². The number of aromatic nitrogens is 2. The van der Waals surface area contributed by atoms with Crippen LogP contribution in [0.25, 0.3) is 11.0 Å². The fraction of sp³-hybridized carbons (Fsp3) is 0.462. The largest absolute Gasteiger partial charge is 0.352 e. The van der Waals surface area contributed by atoms with Gasteiger partial charge in [-0.05, 0) is 24.6 Å². The lowest BCUT2D eigenvalue weighted by atomic mass is 10.1. The first-order chi connectivity index (χ1) is 8.72. The molecule has 2 rings (SSSR count). The van der Waals surface area contributed by atoms with Gasteiger partial charge in [0.15, 0.2) is 0 Å². The predicted octanol–water partition coefficient (Wildman–Crippen LogP) is 2.63. The number of anilines is 1. The number of benzene rings is 1. The molecule has 0 saturated heterocycles. The van der Waals surface area contributed by atoms with Crippen molar-refractivity contribution in [3.63, 3.8) is 0 Å². The van der Waals surface area contributed by atoms with Crippen LogP contribution in [0.5, 0.6) is 0 Å². The molecule has 0 saturated carbocycles. The molecular formula is C13H19FN4. The number of fused-ring (bicyclic) bond motifs is 1. The number of aromatic amines is 1. The molecule has 0 aliphatic carbocycles. The summed E-state index contributed by atoms with van der Waals surface area (Å²) in [6.07, 6.45) is 3.28. The molecule has 1 unspecified atom stereocenters. The molecule has 0 bridgehead atoms. The maximum absolute atomic E-state index is 13.1. The molecule has 18 heavy (non-hydrogen) atoms. The van der Waals surface area contributed by atoms with Crippen molar-refractivity contribution in [1.29, 1.82) is 0 Å². The van der Waals surface area contributed by atoms with E-state index < -0.39 is 0 Å². The Bertz CT molecular complexity index is 509. The highest BCUT2D eigenvalue weighted by Crippen LogP contribution is 2.16. The van der Waals surface area contributed by atoms with E-state index in [-0.39, 0.29) is 11.9 Å². The average Bonchev–Trinajstić information content (AvgIpc) is 2.75. The molecule has 0 radical (unpaired) electrons. The van der Waals surface area contributed by atoms with Gasteiger partial charge in [-0.2, -0.15) is 0 Å². The van der Waals surface area contributed by atoms with Crippen molar-refractivity contribution in [2.45, 2.75) is 32.2 Å². The first-order valence-electron chi connectivity index (χ1n) is 6.34. The molecule has 0 spiro atoms. The second-order valence-electron chi connectivity index (χ2n) is 4.47. The molecular weight excluding hydrogens is 231 g/mol. The van der Waals surface area contributed by atoms with Crippen LogP contribution in [0.3, 0.4) is 0 Å². The number of hydrogen-bond donors (Lipinski definition) is 3. The van der Waals surface area contributed by atoms with Crippen molar-refractivity contribution < 1.29 is 4.39 Å². The molecule has 4 N–H and O–H groups in total. The monoisotopic (exact) mass is 250 g/mol. The summed E-state index contributed by atoms with van der Waals surface area (Å²) in [5.41, 5.74) is 7.17. The van der Waals surface area contributed by atoms with Gasteiger partial charge in [-0.3, -0.25) is 0 Å². The van der Waals surface area contributed by atoms with Gasteiger partial charge in [0.1, 0.15) is 5.82 Å². The quantitative estimate of drug-likeness (QED) is 0.738. The lowest BCUT2D eigenvalue weighted by Gasteiger charge is -2.15. The van der Waals surface area contributed by atoms with E-state index in [4.69, 9.17) is 5.73 Å². The van der Waals surface area contributed by atoms with Crippen molar-refractivity contribution in [3.05, 3.63) is 24.0 Å². The Morgan fingerprint density at radius 2 is 2.33 bits per heavy atom. The Kier molecular flexibility index (Phi) is 4.15. The van der Waals surface area contributed by atoms with Gasteiger partial charge in [0.25, 0.3) is 0 Å². The lowest BCUT2D eigenvalue weighted by molar-refractivity contribution is 0.611. The van der Waals surface area contributed by atoms with Crippen molar-refractivity contribution in [3.8, 4) is 0 Å². The number of halogens is 1. The topological polar surface area (TPSA) is 66.7 Å². The van der Waals surface area contributed by atoms with E-state index in [1.54, 1.807) is 6.07 Å². The number of H-pyrrole nitrogens is 1. The highest BCUT2D eigenvalue weighted by molar-refractivity contribution is 5.77. The standard InChI is InChI=1S/C13H19FN4/c1-2-3-4-10(8-15)16-13-17-11-6-5-9(14)7-12(11)18-13/h5-7,10H,2-4,8,15H2,1H3,(H2,16,17,18). The second kappa shape index (κ2) is 5.82. The highest BCUT2D eigenvalue weighted by Gasteiger charge is 2.09. The number of nitrogens with one attached hydrogen (secondary N) is 2. The van der Waals surface area contributed by atoms with Crippen LogP contribution in [-0.2, 0) is 0 Å². The van der Waals surface area contributed by atoms with E-state index in [1.807, 2.05) is 0 Å². The Balaban J connectivity index is 2.10. The Hall–Kier alpha value is -1.62. The number of nitrogens with zero attached hydrogens (tertiary/aromatic N) is 1. The number of imidazole rings is 1. The third kappa shape index (κ3) is 2.98. The summed E-state index contributed by atoms with van der Waals surface area (Å²) in [5, 5.41) is 3.26. The van der Waals surface area contributed by atoms with Crippen LogP contribution in [0.2, 0.25) is 0 Å². The third-order valence-electron chi connectivity index (χ3n) is 2.98. The van der Waals surface area contributed by atoms with Crippen molar-refractivity contribution >= 4 is 17.0 Å². The molecule has 0 aliphatic heterocycles. The van der Waals surface area contributed by atoms with E-state index in [9.17, 15) is 4.39 Å². The minimum atomic E-state index is -0.265. The van der Waals surface area contributed by atoms with E-state index in [0.29, 0.717) is 18.0 Å². The molecule has 1 heterocycles. The smallest absolute Gasteiger partial charge is 0.201 e. The number of unbranched alkanes of at least 4 members (excludes halogenated alkanes) is 1. The molecule has 1 aromatic heterocycles. The lowest BCUT2D eigenvalue weighted by Crippen LogP contribution is -2.29. The third-order valence-corrected chi connectivity index (χ3v) is 2.98. The molecule has 2 aromatic rings. The van der Waals surface area contributed by atoms with Gasteiger partial charge in [0.05, 0.1) is 11.0 Å². The van der Waals surface area contributed by atoms with Gasteiger partial charge in [-0.15, -0.1) is 0 Å². The highest BCUT2D eigenvalue weighted by atomic mass is 19.1. The number of rotatable bonds is 6. The Labute approximate surface area is 106 Å². The zero-order chi connectivity index (χ0) is 13.0. The van der Waals surface area contributed by atoms with Crippen LogP contribution in [-0.4, -0.2) is 22.6 Å². The molecule has 4 nitrogen and oxygen atoms in total. The predicted molar refractivity (Wildman–Crippen MR) is 72.0 cm³/mol. The molecule has 0 aliphatic rings. The van der Waals surface area contributed by atoms with Crippen molar-refractivity contribution in [2.24, 2.45) is 5.73 Å². The molecule has 1 atom stereocenters. The minimum Gasteiger partial charge on any atom is -0.352 e. The van der Waals surface area contributed by atoms with Crippen LogP contribution >= 0.6 is 0 Å². The van der Waals surface area contributed by atoms with Gasteiger partial charge in [-0.25, -0.2) is 9.37 Å². The first-order valence-corrected chi connectivity index (χ1v) is 6.34. The summed E-state index contributed by atoms with van der Waals surface area (Å²) in [7, 11) is 0. The summed E-state index contributed by atoms with van der Waals surface area (Å²) in [6, 6.07) is 4.72. The van der Waals surface area contributed by atoms with E-state index >= 15 is 0 Å². The average molecular weight is 250 g/mol. The summed E-state index contributed by atoms with van der Waals surface area (Å²) in [4.78, 5) is 7.42. The zero-order valence-electron chi connectivity index (χ0n) is 10.5. The van der Waals surface area contributed by atoms with Crippen LogP contribution in [0, 0.1) is 5.82 Å². The van der Waals surface area contributed by atoms with Gasteiger partial charge >= 0.3 is 0 Å². The molecule has 5 heteroatoms. The van der Waals surface area contributed by atoms with Crippen molar-refractivity contribution in [2.75, 3.05) is 11.9 Å². The fourth-order valence-corrected chi connectivity index (χ4v) is 1.94. The maximum Gasteiger partial charge on any atom is 0.201 e. The van der Waals surface area contributed by atoms with Crippen molar-refractivity contribution in [1.82, 2.24) is 9.97 Å². The fourth-order valence-electron chi connectivity index (χ4n) is 1.94. The van der Waals surface area contributed by atoms with Gasteiger partial charge < -0.3 is 16.0 Å². The van der Waals surface area contributed by atoms with Crippen LogP contribution < -0.4 is 11.1 Å². The molecule has 0 fully saturated rings. The van der Waals surface area contributed by atoms with E-state index in [0.717, 1.165) is 24.8 Å². The molecule has 1 aromatic carbocycles.